The first-order chi connectivity index (χ1) is 14.0. The Kier molecular flexibility index (Phi) is 5.01. The van der Waals surface area contributed by atoms with Crippen molar-refractivity contribution < 1.29 is 9.15 Å². The lowest BCUT2D eigenvalue weighted by Gasteiger charge is -2.19. The summed E-state index contributed by atoms with van der Waals surface area (Å²) in [5.41, 5.74) is 4.10. The first kappa shape index (κ1) is 19.1. The Balaban J connectivity index is 1.95. The van der Waals surface area contributed by atoms with E-state index in [2.05, 4.69) is 55.3 Å². The van der Waals surface area contributed by atoms with Crippen LogP contribution in [0.3, 0.4) is 0 Å². The van der Waals surface area contributed by atoms with E-state index >= 15 is 0 Å². The van der Waals surface area contributed by atoms with Crippen molar-refractivity contribution in [3.8, 4) is 28.2 Å². The van der Waals surface area contributed by atoms with Crippen LogP contribution in [0.1, 0.15) is 20.8 Å². The lowest BCUT2D eigenvalue weighted by atomic mass is 9.96. The number of ether oxygens (including phenoxy) is 1. The van der Waals surface area contributed by atoms with Gasteiger partial charge in [0.15, 0.2) is 0 Å². The largest absolute Gasteiger partial charge is 0.497 e. The summed E-state index contributed by atoms with van der Waals surface area (Å²) in [6, 6.07) is 20.2. The molecule has 4 heteroatoms. The number of aromatic nitrogens is 1. The van der Waals surface area contributed by atoms with Gasteiger partial charge in [-0.05, 0) is 29.2 Å². The van der Waals surface area contributed by atoms with E-state index in [0.717, 1.165) is 51.5 Å². The second-order valence-electron chi connectivity index (χ2n) is 8.35. The van der Waals surface area contributed by atoms with Gasteiger partial charge < -0.3 is 14.5 Å². The van der Waals surface area contributed by atoms with Crippen molar-refractivity contribution in [2.45, 2.75) is 20.8 Å². The van der Waals surface area contributed by atoms with Crippen molar-refractivity contribution in [1.29, 1.82) is 0 Å². The van der Waals surface area contributed by atoms with E-state index < -0.39 is 0 Å². The van der Waals surface area contributed by atoms with E-state index in [0.29, 0.717) is 0 Å². The smallest absolute Gasteiger partial charge is 0.143 e. The SMILES string of the molecule is COc1ccc(-c2c(-c3ccccc3)oc3ccnc(NCC(C)(C)C)c23)cc1. The summed E-state index contributed by atoms with van der Waals surface area (Å²) in [5, 5.41) is 4.53. The van der Waals surface area contributed by atoms with Gasteiger partial charge in [0.1, 0.15) is 22.9 Å². The van der Waals surface area contributed by atoms with Gasteiger partial charge in [-0.15, -0.1) is 0 Å². The van der Waals surface area contributed by atoms with Crippen LogP contribution in [0.15, 0.2) is 71.3 Å². The summed E-state index contributed by atoms with van der Waals surface area (Å²) >= 11 is 0. The number of rotatable bonds is 5. The summed E-state index contributed by atoms with van der Waals surface area (Å²) in [7, 11) is 1.68. The Hall–Kier alpha value is -3.27. The predicted octanol–water partition coefficient (Wildman–Crippen LogP) is 6.63. The van der Waals surface area contributed by atoms with Gasteiger partial charge >= 0.3 is 0 Å². The van der Waals surface area contributed by atoms with E-state index in [9.17, 15) is 0 Å². The van der Waals surface area contributed by atoms with Crippen molar-refractivity contribution in [1.82, 2.24) is 4.98 Å². The summed E-state index contributed by atoms with van der Waals surface area (Å²) < 4.78 is 11.7. The zero-order valence-electron chi connectivity index (χ0n) is 17.3. The van der Waals surface area contributed by atoms with Crippen LogP contribution in [0.25, 0.3) is 33.4 Å². The lowest BCUT2D eigenvalue weighted by molar-refractivity contribution is 0.415. The standard InChI is InChI=1S/C25H26N2O2/c1-25(2,3)16-27-24-22-20(14-15-26-24)29-23(18-8-6-5-7-9-18)21(22)17-10-12-19(28-4)13-11-17/h5-15H,16H2,1-4H3,(H,26,27). The number of benzene rings is 2. The zero-order chi connectivity index (χ0) is 20.4. The van der Waals surface area contributed by atoms with E-state index in [1.165, 1.54) is 0 Å². The number of hydrogen-bond donors (Lipinski definition) is 1. The highest BCUT2D eigenvalue weighted by molar-refractivity contribution is 6.07. The molecule has 2 aromatic carbocycles. The van der Waals surface area contributed by atoms with Crippen LogP contribution in [0.2, 0.25) is 0 Å². The number of anilines is 1. The number of methoxy groups -OCH3 is 1. The highest BCUT2D eigenvalue weighted by atomic mass is 16.5. The molecule has 4 rings (SSSR count). The summed E-state index contributed by atoms with van der Waals surface area (Å²) in [5.74, 6) is 2.51. The molecular formula is C25H26N2O2. The molecule has 0 amide bonds. The van der Waals surface area contributed by atoms with Crippen LogP contribution >= 0.6 is 0 Å². The zero-order valence-corrected chi connectivity index (χ0v) is 17.3. The molecule has 0 saturated heterocycles. The molecule has 0 fully saturated rings. The summed E-state index contributed by atoms with van der Waals surface area (Å²) in [6.07, 6.45) is 1.80. The molecule has 4 aromatic rings. The van der Waals surface area contributed by atoms with Gasteiger partial charge in [-0.1, -0.05) is 63.2 Å². The minimum Gasteiger partial charge on any atom is -0.497 e. The number of hydrogen-bond acceptors (Lipinski definition) is 4. The average molecular weight is 386 g/mol. The van der Waals surface area contributed by atoms with Crippen molar-refractivity contribution >= 4 is 16.8 Å². The molecule has 0 saturated carbocycles. The van der Waals surface area contributed by atoms with Crippen LogP contribution in [0, 0.1) is 5.41 Å². The number of nitrogens with one attached hydrogen (secondary N) is 1. The Morgan fingerprint density at radius 3 is 2.31 bits per heavy atom. The number of nitrogens with zero attached hydrogens (tertiary/aromatic N) is 1. The maximum absolute atomic E-state index is 6.36. The fourth-order valence-corrected chi connectivity index (χ4v) is 3.35. The highest BCUT2D eigenvalue weighted by Crippen LogP contribution is 2.43. The fourth-order valence-electron chi connectivity index (χ4n) is 3.35. The molecule has 0 bridgehead atoms. The average Bonchev–Trinajstić information content (AvgIpc) is 3.12. The minimum atomic E-state index is 0.135. The van der Waals surface area contributed by atoms with Crippen LogP contribution in [-0.4, -0.2) is 18.6 Å². The summed E-state index contributed by atoms with van der Waals surface area (Å²) in [4.78, 5) is 4.64. The molecule has 2 heterocycles. The third-order valence-electron chi connectivity index (χ3n) is 4.80. The normalized spacial score (nSPS) is 11.6. The predicted molar refractivity (Wildman–Crippen MR) is 119 cm³/mol. The van der Waals surface area contributed by atoms with Gasteiger partial charge in [0.2, 0.25) is 0 Å². The topological polar surface area (TPSA) is 47.3 Å². The molecule has 2 aromatic heterocycles. The van der Waals surface area contributed by atoms with Crippen LogP contribution in [-0.2, 0) is 0 Å². The Morgan fingerprint density at radius 1 is 0.931 bits per heavy atom. The lowest BCUT2D eigenvalue weighted by Crippen LogP contribution is -2.19. The van der Waals surface area contributed by atoms with Gasteiger partial charge in [-0.25, -0.2) is 4.98 Å². The molecule has 0 radical (unpaired) electrons. The molecule has 29 heavy (non-hydrogen) atoms. The quantitative estimate of drug-likeness (QED) is 0.418. The van der Waals surface area contributed by atoms with Gasteiger partial charge in [0.25, 0.3) is 0 Å². The minimum absolute atomic E-state index is 0.135. The number of furan rings is 1. The number of pyridine rings is 1. The van der Waals surface area contributed by atoms with Gasteiger partial charge in [-0.2, -0.15) is 0 Å². The Morgan fingerprint density at radius 2 is 1.66 bits per heavy atom. The first-order valence-corrected chi connectivity index (χ1v) is 9.81. The van der Waals surface area contributed by atoms with Gasteiger partial charge in [0.05, 0.1) is 12.5 Å². The monoisotopic (exact) mass is 386 g/mol. The van der Waals surface area contributed by atoms with Crippen molar-refractivity contribution in [3.63, 3.8) is 0 Å². The second-order valence-corrected chi connectivity index (χ2v) is 8.35. The second kappa shape index (κ2) is 7.63. The van der Waals surface area contributed by atoms with Crippen molar-refractivity contribution in [2.75, 3.05) is 19.0 Å². The molecule has 0 unspecified atom stereocenters. The molecular weight excluding hydrogens is 360 g/mol. The van der Waals surface area contributed by atoms with Crippen LogP contribution in [0.5, 0.6) is 5.75 Å². The molecule has 4 nitrogen and oxygen atoms in total. The van der Waals surface area contributed by atoms with Crippen molar-refractivity contribution in [3.05, 3.63) is 66.9 Å². The first-order valence-electron chi connectivity index (χ1n) is 9.81. The van der Waals surface area contributed by atoms with E-state index in [1.807, 2.05) is 36.4 Å². The molecule has 148 valence electrons. The summed E-state index contributed by atoms with van der Waals surface area (Å²) in [6.45, 7) is 7.42. The Bertz CT molecular complexity index is 1110. The Labute approximate surface area is 171 Å². The molecule has 0 atom stereocenters. The van der Waals surface area contributed by atoms with Gasteiger partial charge in [-0.3, -0.25) is 0 Å². The molecule has 1 N–H and O–H groups in total. The fraction of sp³-hybridized carbons (Fsp3) is 0.240. The van der Waals surface area contributed by atoms with Crippen LogP contribution < -0.4 is 10.1 Å². The van der Waals surface area contributed by atoms with E-state index in [4.69, 9.17) is 9.15 Å². The van der Waals surface area contributed by atoms with E-state index in [-0.39, 0.29) is 5.41 Å². The maximum atomic E-state index is 6.36. The molecule has 0 aliphatic carbocycles. The molecule has 0 aliphatic heterocycles. The molecule has 0 aliphatic rings. The maximum Gasteiger partial charge on any atom is 0.143 e. The van der Waals surface area contributed by atoms with E-state index in [1.54, 1.807) is 13.3 Å². The van der Waals surface area contributed by atoms with Crippen molar-refractivity contribution in [2.24, 2.45) is 5.41 Å². The third kappa shape index (κ3) is 3.97. The van der Waals surface area contributed by atoms with Crippen LogP contribution in [0.4, 0.5) is 5.82 Å². The highest BCUT2D eigenvalue weighted by Gasteiger charge is 2.22. The molecule has 0 spiro atoms. The third-order valence-corrected chi connectivity index (χ3v) is 4.80. The number of fused-ring (bicyclic) bond motifs is 1. The van der Waals surface area contributed by atoms with Gasteiger partial charge in [0, 0.05) is 23.9 Å².